The molecule has 2 N–H and O–H groups in total. The van der Waals surface area contributed by atoms with Crippen LogP contribution in [0.4, 0.5) is 17.1 Å². The molecule has 42 heavy (non-hydrogen) atoms. The third kappa shape index (κ3) is 5.07. The zero-order valence-electron chi connectivity index (χ0n) is 23.6. The predicted molar refractivity (Wildman–Crippen MR) is 163 cm³/mol. The van der Waals surface area contributed by atoms with Crippen LogP contribution in [0.3, 0.4) is 0 Å². The molecule has 0 fully saturated rings. The monoisotopic (exact) mass is 559 g/mol. The number of hydrogen-bond acceptors (Lipinski definition) is 5. The Hall–Kier alpha value is -5.82. The Morgan fingerprint density at radius 3 is 1.71 bits per heavy atom. The van der Waals surface area contributed by atoms with E-state index in [2.05, 4.69) is 10.6 Å². The molecule has 5 aromatic rings. The molecule has 0 atom stereocenters. The lowest BCUT2D eigenvalue weighted by molar-refractivity contribution is -0.112. The van der Waals surface area contributed by atoms with E-state index in [-0.39, 0.29) is 16.8 Å². The van der Waals surface area contributed by atoms with Crippen molar-refractivity contribution in [2.45, 2.75) is 13.8 Å². The summed E-state index contributed by atoms with van der Waals surface area (Å²) in [5, 5.41) is 15.5. The number of nitriles is 1. The Kier molecular flexibility index (Phi) is 7.49. The molecule has 1 amide bonds. The van der Waals surface area contributed by atoms with E-state index in [1.54, 1.807) is 64.4 Å². The third-order valence-electron chi connectivity index (χ3n) is 7.20. The van der Waals surface area contributed by atoms with Gasteiger partial charge in [0.05, 0.1) is 22.8 Å². The minimum atomic E-state index is -0.688. The summed E-state index contributed by atoms with van der Waals surface area (Å²) in [4.78, 5) is 39.4. The van der Waals surface area contributed by atoms with Crippen molar-refractivity contribution in [1.29, 1.82) is 5.26 Å². The second kappa shape index (κ2) is 11.3. The lowest BCUT2D eigenvalue weighted by atomic mass is 10.1. The van der Waals surface area contributed by atoms with E-state index >= 15 is 0 Å². The Labute approximate surface area is 242 Å². The van der Waals surface area contributed by atoms with Crippen molar-refractivity contribution in [1.82, 2.24) is 18.7 Å². The molecule has 10 heteroatoms. The van der Waals surface area contributed by atoms with Gasteiger partial charge in [-0.2, -0.15) is 5.26 Å². The molecule has 10 nitrogen and oxygen atoms in total. The van der Waals surface area contributed by atoms with E-state index in [9.17, 15) is 19.6 Å². The van der Waals surface area contributed by atoms with Gasteiger partial charge in [0.2, 0.25) is 0 Å². The molecule has 0 aliphatic heterocycles. The molecule has 0 saturated carbocycles. The van der Waals surface area contributed by atoms with Crippen molar-refractivity contribution in [3.8, 4) is 17.4 Å². The minimum Gasteiger partial charge on any atom is -0.349 e. The minimum absolute atomic E-state index is 0.103. The molecule has 5 rings (SSSR count). The summed E-state index contributed by atoms with van der Waals surface area (Å²) < 4.78 is 6.49. The highest BCUT2D eigenvalue weighted by molar-refractivity contribution is 6.09. The van der Waals surface area contributed by atoms with Gasteiger partial charge in [0.1, 0.15) is 23.0 Å². The number of carbonyl (C=O) groups excluding carboxylic acids is 1. The molecule has 0 aliphatic rings. The van der Waals surface area contributed by atoms with E-state index in [4.69, 9.17) is 0 Å². The second-order valence-corrected chi connectivity index (χ2v) is 9.74. The Morgan fingerprint density at radius 1 is 0.738 bits per heavy atom. The molecular weight excluding hydrogens is 530 g/mol. The van der Waals surface area contributed by atoms with E-state index in [1.165, 1.54) is 10.8 Å². The molecule has 2 aromatic heterocycles. The molecule has 0 spiro atoms. The van der Waals surface area contributed by atoms with Crippen LogP contribution in [0.15, 0.2) is 100 Å². The first-order valence-corrected chi connectivity index (χ1v) is 13.2. The van der Waals surface area contributed by atoms with E-state index < -0.39 is 11.5 Å². The van der Waals surface area contributed by atoms with Crippen molar-refractivity contribution in [3.63, 3.8) is 0 Å². The number of benzene rings is 3. The normalized spacial score (nSPS) is 11.3. The van der Waals surface area contributed by atoms with Gasteiger partial charge in [0.15, 0.2) is 0 Å². The number of nitrogens with zero attached hydrogens (tertiary/aromatic N) is 5. The van der Waals surface area contributed by atoms with Crippen LogP contribution in [-0.2, 0) is 18.9 Å². The topological polar surface area (TPSA) is 119 Å². The van der Waals surface area contributed by atoms with Gasteiger partial charge in [-0.3, -0.25) is 23.7 Å². The number of nitrogens with one attached hydrogen (secondary N) is 2. The predicted octanol–water partition coefficient (Wildman–Crippen LogP) is 4.57. The van der Waals surface area contributed by atoms with Crippen LogP contribution in [0.2, 0.25) is 0 Å². The van der Waals surface area contributed by atoms with Crippen molar-refractivity contribution >= 4 is 29.0 Å². The van der Waals surface area contributed by atoms with Gasteiger partial charge in [-0.15, -0.1) is 0 Å². The highest BCUT2D eigenvalue weighted by Crippen LogP contribution is 2.21. The molecule has 0 saturated heterocycles. The number of anilines is 3. The Bertz CT molecular complexity index is 1970. The maximum Gasteiger partial charge on any atom is 0.295 e. The van der Waals surface area contributed by atoms with Gasteiger partial charge >= 0.3 is 0 Å². The summed E-state index contributed by atoms with van der Waals surface area (Å²) in [6, 6.07) is 27.4. The molecule has 3 aromatic carbocycles. The van der Waals surface area contributed by atoms with Gasteiger partial charge < -0.3 is 10.6 Å². The Morgan fingerprint density at radius 2 is 1.21 bits per heavy atom. The molecule has 2 heterocycles. The summed E-state index contributed by atoms with van der Waals surface area (Å²) in [7, 11) is 3.55. The standard InChI is InChI=1S/C32H29N7O3/c1-21-28(31(41)38(36(21)3)26-11-7-5-8-12-26)34-25-17-15-23(16-18-25)19-24(20-33)30(40)35-29-22(2)37(4)39(32(29)42)27-13-9-6-10-14-27/h5-19,34H,1-4H3,(H,35,40)/b24-19-. The van der Waals surface area contributed by atoms with Crippen LogP contribution >= 0.6 is 0 Å². The van der Waals surface area contributed by atoms with Gasteiger partial charge in [-0.1, -0.05) is 48.5 Å². The molecular formula is C32H29N7O3. The van der Waals surface area contributed by atoms with Gasteiger partial charge in [0, 0.05) is 19.8 Å². The number of aromatic nitrogens is 4. The lowest BCUT2D eigenvalue weighted by Crippen LogP contribution is -2.23. The first kappa shape index (κ1) is 27.7. The molecule has 0 bridgehead atoms. The number of amides is 1. The average Bonchev–Trinajstić information content (AvgIpc) is 3.35. The zero-order valence-corrected chi connectivity index (χ0v) is 23.6. The number of rotatable bonds is 7. The molecule has 0 unspecified atom stereocenters. The van der Waals surface area contributed by atoms with Gasteiger partial charge in [-0.05, 0) is 61.9 Å². The summed E-state index contributed by atoms with van der Waals surface area (Å²) in [5.74, 6) is -0.688. The first-order chi connectivity index (χ1) is 20.2. The summed E-state index contributed by atoms with van der Waals surface area (Å²) in [5.41, 5.74) is 3.80. The molecule has 210 valence electrons. The number of hydrogen-bond donors (Lipinski definition) is 2. The van der Waals surface area contributed by atoms with Gasteiger partial charge in [0.25, 0.3) is 17.0 Å². The zero-order chi connectivity index (χ0) is 30.0. The van der Waals surface area contributed by atoms with Crippen molar-refractivity contribution in [2.75, 3.05) is 10.6 Å². The SMILES string of the molecule is Cc1c(NC(=O)/C(C#N)=C\c2ccc(Nc3c(C)n(C)n(-c4ccccc4)c3=O)cc2)c(=O)n(-c2ccccc2)n1C. The lowest BCUT2D eigenvalue weighted by Gasteiger charge is -2.07. The maximum absolute atomic E-state index is 13.2. The largest absolute Gasteiger partial charge is 0.349 e. The van der Waals surface area contributed by atoms with Crippen LogP contribution < -0.4 is 21.8 Å². The summed E-state index contributed by atoms with van der Waals surface area (Å²) in [6.45, 7) is 3.59. The van der Waals surface area contributed by atoms with E-state index in [0.29, 0.717) is 28.3 Å². The van der Waals surface area contributed by atoms with E-state index in [0.717, 1.165) is 11.4 Å². The van der Waals surface area contributed by atoms with Crippen molar-refractivity contribution < 1.29 is 4.79 Å². The number of para-hydroxylation sites is 2. The highest BCUT2D eigenvalue weighted by atomic mass is 16.2. The smallest absolute Gasteiger partial charge is 0.295 e. The average molecular weight is 560 g/mol. The summed E-state index contributed by atoms with van der Waals surface area (Å²) >= 11 is 0. The van der Waals surface area contributed by atoms with Crippen LogP contribution in [-0.4, -0.2) is 24.6 Å². The quantitative estimate of drug-likeness (QED) is 0.224. The molecule has 0 radical (unpaired) electrons. The van der Waals surface area contributed by atoms with Crippen LogP contribution in [0, 0.1) is 25.2 Å². The van der Waals surface area contributed by atoms with Crippen LogP contribution in [0.25, 0.3) is 17.5 Å². The van der Waals surface area contributed by atoms with Crippen LogP contribution in [0.1, 0.15) is 17.0 Å². The van der Waals surface area contributed by atoms with Crippen LogP contribution in [0.5, 0.6) is 0 Å². The fourth-order valence-electron chi connectivity index (χ4n) is 4.73. The molecule has 0 aliphatic carbocycles. The van der Waals surface area contributed by atoms with Gasteiger partial charge in [-0.25, -0.2) is 9.36 Å². The van der Waals surface area contributed by atoms with Crippen molar-refractivity contribution in [2.24, 2.45) is 14.1 Å². The highest BCUT2D eigenvalue weighted by Gasteiger charge is 2.20. The fraction of sp³-hybridized carbons (Fsp3) is 0.125. The Balaban J connectivity index is 1.36. The maximum atomic E-state index is 13.2. The second-order valence-electron chi connectivity index (χ2n) is 9.74. The first-order valence-electron chi connectivity index (χ1n) is 13.2. The summed E-state index contributed by atoms with van der Waals surface area (Å²) in [6.07, 6.45) is 1.45. The third-order valence-corrected chi connectivity index (χ3v) is 7.20. The van der Waals surface area contributed by atoms with Crippen molar-refractivity contribution in [3.05, 3.63) is 128 Å². The van der Waals surface area contributed by atoms with E-state index in [1.807, 2.05) is 68.6 Å². The fourth-order valence-corrected chi connectivity index (χ4v) is 4.73. The number of carbonyl (C=O) groups is 1.